The number of nitrogens with one attached hydrogen (secondary N) is 1. The second-order valence-electron chi connectivity index (χ2n) is 4.36. The molecule has 2 rings (SSSR count). The van der Waals surface area contributed by atoms with E-state index in [4.69, 9.17) is 39.5 Å². The Kier molecular flexibility index (Phi) is 5.98. The molecule has 0 saturated carbocycles. The third-order valence-corrected chi connectivity index (χ3v) is 6.70. The van der Waals surface area contributed by atoms with Crippen LogP contribution >= 0.6 is 56.4 Å². The number of H-pyrrole nitrogens is 1. The van der Waals surface area contributed by atoms with E-state index in [-0.39, 0.29) is 6.61 Å². The molecule has 1 aliphatic heterocycles. The van der Waals surface area contributed by atoms with E-state index in [0.29, 0.717) is 10.5 Å². The van der Waals surface area contributed by atoms with Gasteiger partial charge in [-0.3, -0.25) is 14.3 Å². The highest BCUT2D eigenvalue weighted by Gasteiger charge is 2.31. The highest BCUT2D eigenvalue weighted by Crippen LogP contribution is 2.51. The van der Waals surface area contributed by atoms with Crippen LogP contribution in [-0.4, -0.2) is 30.5 Å². The Hall–Kier alpha value is -0.0900. The minimum atomic E-state index is -1.52. The molecule has 1 aromatic rings. The number of ether oxygens (including phenoxy) is 1. The van der Waals surface area contributed by atoms with E-state index < -0.39 is 26.7 Å². The van der Waals surface area contributed by atoms with Crippen molar-refractivity contribution in [2.45, 2.75) is 22.4 Å². The molecule has 22 heavy (non-hydrogen) atoms. The monoisotopic (exact) mass is 404 g/mol. The lowest BCUT2D eigenvalue weighted by Gasteiger charge is -2.16. The van der Waals surface area contributed by atoms with E-state index in [2.05, 4.69) is 4.98 Å². The van der Waals surface area contributed by atoms with Crippen molar-refractivity contribution in [2.75, 3.05) is 6.61 Å². The summed E-state index contributed by atoms with van der Waals surface area (Å²) in [5.74, 6) is 0. The Morgan fingerprint density at radius 1 is 1.45 bits per heavy atom. The fourth-order valence-corrected chi connectivity index (χ4v) is 4.26. The molecule has 6 nitrogen and oxygen atoms in total. The lowest BCUT2D eigenvalue weighted by molar-refractivity contribution is -0.0115. The first kappa shape index (κ1) is 18.3. The normalized spacial score (nSPS) is 22.0. The summed E-state index contributed by atoms with van der Waals surface area (Å²) >= 11 is 17.0. The molecule has 2 atom stereocenters. The lowest BCUT2D eigenvalue weighted by atomic mass is 10.3. The molecule has 0 spiro atoms. The van der Waals surface area contributed by atoms with Crippen molar-refractivity contribution in [1.29, 1.82) is 0 Å². The van der Waals surface area contributed by atoms with Crippen molar-refractivity contribution < 1.29 is 9.84 Å². The first-order valence-corrected chi connectivity index (χ1v) is 9.22. The summed E-state index contributed by atoms with van der Waals surface area (Å²) in [6.07, 6.45) is 1.65. The van der Waals surface area contributed by atoms with Crippen molar-refractivity contribution in [2.24, 2.45) is 0 Å². The van der Waals surface area contributed by atoms with Crippen LogP contribution in [0.5, 0.6) is 0 Å². The number of aliphatic hydroxyl groups excluding tert-OH is 1. The average molecular weight is 406 g/mol. The number of aryl methyl sites for hydroxylation is 1. The van der Waals surface area contributed by atoms with Gasteiger partial charge in [0.2, 0.25) is 3.12 Å². The number of hydrogen-bond donors (Lipinski definition) is 2. The first-order valence-electron chi connectivity index (χ1n) is 5.94. The van der Waals surface area contributed by atoms with E-state index in [1.165, 1.54) is 10.8 Å². The molecule has 0 bridgehead atoms. The number of halogens is 3. The standard InChI is InChI=1S/C11H11Cl3N2O4S2/c1-5-3-16(10(19)15-9(5)18)8-2-7(6(4-17)20-8)21-22-11(12,13)14/h2-3,6,8,17H,4H2,1H3,(H,15,18,19)/t6-,8-/m1/s1. The molecule has 0 aliphatic carbocycles. The maximum atomic E-state index is 11.9. The van der Waals surface area contributed by atoms with Crippen LogP contribution in [-0.2, 0) is 4.74 Å². The molecular formula is C11H11Cl3N2O4S2. The summed E-state index contributed by atoms with van der Waals surface area (Å²) < 4.78 is 5.30. The van der Waals surface area contributed by atoms with Crippen LogP contribution in [0.3, 0.4) is 0 Å². The zero-order valence-electron chi connectivity index (χ0n) is 11.1. The molecule has 2 heterocycles. The molecule has 11 heteroatoms. The molecule has 1 aliphatic rings. The minimum absolute atomic E-state index is 0.285. The van der Waals surface area contributed by atoms with Gasteiger partial charge in [-0.1, -0.05) is 45.6 Å². The SMILES string of the molecule is Cc1cn([C@H]2C=C(SSC(Cl)(Cl)Cl)[C@@H](CO)O2)c(=O)[nH]c1=O. The van der Waals surface area contributed by atoms with Crippen molar-refractivity contribution >= 4 is 56.4 Å². The number of alkyl halides is 3. The largest absolute Gasteiger partial charge is 0.393 e. The van der Waals surface area contributed by atoms with Gasteiger partial charge in [0, 0.05) is 16.7 Å². The van der Waals surface area contributed by atoms with Crippen LogP contribution in [0.4, 0.5) is 0 Å². The quantitative estimate of drug-likeness (QED) is 0.591. The summed E-state index contributed by atoms with van der Waals surface area (Å²) in [5, 5.41) is 9.37. The van der Waals surface area contributed by atoms with Crippen molar-refractivity contribution in [3.05, 3.63) is 43.6 Å². The van der Waals surface area contributed by atoms with E-state index in [0.717, 1.165) is 21.6 Å². The van der Waals surface area contributed by atoms with E-state index in [1.807, 2.05) is 0 Å². The van der Waals surface area contributed by atoms with E-state index in [9.17, 15) is 14.7 Å². The molecule has 0 saturated heterocycles. The summed E-state index contributed by atoms with van der Waals surface area (Å²) in [7, 11) is 2.11. The summed E-state index contributed by atoms with van der Waals surface area (Å²) in [6.45, 7) is 1.29. The number of hydrogen-bond acceptors (Lipinski definition) is 6. The average Bonchev–Trinajstić information content (AvgIpc) is 2.83. The van der Waals surface area contributed by atoms with Crippen molar-refractivity contribution in [1.82, 2.24) is 9.55 Å². The molecule has 1 aromatic heterocycles. The molecule has 2 N–H and O–H groups in total. The lowest BCUT2D eigenvalue weighted by Crippen LogP contribution is -2.33. The minimum Gasteiger partial charge on any atom is -0.393 e. The van der Waals surface area contributed by atoms with Crippen molar-refractivity contribution in [3.63, 3.8) is 0 Å². The van der Waals surface area contributed by atoms with Gasteiger partial charge >= 0.3 is 5.69 Å². The maximum absolute atomic E-state index is 11.9. The number of nitrogens with zero attached hydrogens (tertiary/aromatic N) is 1. The van der Waals surface area contributed by atoms with Gasteiger partial charge < -0.3 is 9.84 Å². The van der Waals surface area contributed by atoms with Crippen molar-refractivity contribution in [3.8, 4) is 0 Å². The second kappa shape index (κ2) is 7.21. The fraction of sp³-hybridized carbons (Fsp3) is 0.455. The summed E-state index contributed by atoms with van der Waals surface area (Å²) in [5.41, 5.74) is -0.689. The topological polar surface area (TPSA) is 84.3 Å². The van der Waals surface area contributed by atoms with Gasteiger partial charge in [0.1, 0.15) is 6.10 Å². The van der Waals surface area contributed by atoms with E-state index in [1.54, 1.807) is 13.0 Å². The summed E-state index contributed by atoms with van der Waals surface area (Å²) in [6, 6.07) is 0. The van der Waals surface area contributed by atoms with Gasteiger partial charge in [0.25, 0.3) is 5.56 Å². The number of aliphatic hydroxyl groups is 1. The predicted molar refractivity (Wildman–Crippen MR) is 90.6 cm³/mol. The van der Waals surface area contributed by atoms with Gasteiger partial charge in [0.05, 0.1) is 6.61 Å². The molecule has 122 valence electrons. The fourth-order valence-electron chi connectivity index (χ4n) is 1.75. The maximum Gasteiger partial charge on any atom is 0.330 e. The van der Waals surface area contributed by atoms with Gasteiger partial charge in [-0.05, 0) is 23.8 Å². The Labute approximate surface area is 148 Å². The molecule has 0 amide bonds. The van der Waals surface area contributed by atoms with Gasteiger partial charge in [-0.25, -0.2) is 4.79 Å². The Morgan fingerprint density at radius 2 is 2.14 bits per heavy atom. The highest BCUT2D eigenvalue weighted by atomic mass is 35.6. The Morgan fingerprint density at radius 3 is 2.73 bits per heavy atom. The third kappa shape index (κ3) is 4.47. The van der Waals surface area contributed by atoms with E-state index >= 15 is 0 Å². The predicted octanol–water partition coefficient (Wildman–Crippen LogP) is 2.33. The molecular weight excluding hydrogens is 395 g/mol. The van der Waals surface area contributed by atoms with Crippen LogP contribution < -0.4 is 11.2 Å². The smallest absolute Gasteiger partial charge is 0.330 e. The van der Waals surface area contributed by atoms with Gasteiger partial charge in [-0.2, -0.15) is 0 Å². The second-order valence-corrected chi connectivity index (χ2v) is 9.73. The number of rotatable bonds is 4. The zero-order chi connectivity index (χ0) is 16.5. The number of aromatic amines is 1. The molecule has 0 aromatic carbocycles. The zero-order valence-corrected chi connectivity index (χ0v) is 15.0. The van der Waals surface area contributed by atoms with Crippen LogP contribution in [0, 0.1) is 6.92 Å². The summed E-state index contributed by atoms with van der Waals surface area (Å²) in [4.78, 5) is 26.1. The van der Waals surface area contributed by atoms with Gasteiger partial charge in [-0.15, -0.1) is 0 Å². The van der Waals surface area contributed by atoms with Crippen LogP contribution in [0.25, 0.3) is 0 Å². The Bertz CT molecular complexity index is 698. The van der Waals surface area contributed by atoms with Crippen LogP contribution in [0.1, 0.15) is 11.8 Å². The van der Waals surface area contributed by atoms with Crippen LogP contribution in [0.2, 0.25) is 0 Å². The first-order chi connectivity index (χ1) is 10.2. The van der Waals surface area contributed by atoms with Crippen LogP contribution in [0.15, 0.2) is 26.8 Å². The van der Waals surface area contributed by atoms with Gasteiger partial charge in [0.15, 0.2) is 6.23 Å². The molecule has 0 unspecified atom stereocenters. The highest BCUT2D eigenvalue weighted by molar-refractivity contribution is 8.79. The molecule has 0 radical (unpaired) electrons. The number of aromatic nitrogens is 2. The Balaban J connectivity index is 2.27. The molecule has 0 fully saturated rings. The third-order valence-electron chi connectivity index (χ3n) is 2.75.